The Morgan fingerprint density at radius 2 is 1.95 bits per heavy atom. The third-order valence-electron chi connectivity index (χ3n) is 5.32. The van der Waals surface area contributed by atoms with Gasteiger partial charge in [-0.15, -0.1) is 0 Å². The molecule has 2 rings (SSSR count). The van der Waals surface area contributed by atoms with Crippen molar-refractivity contribution in [3.05, 3.63) is 35.4 Å². The molecule has 118 valence electrons. The van der Waals surface area contributed by atoms with Crippen LogP contribution in [-0.2, 0) is 0 Å². The molecule has 1 fully saturated rings. The van der Waals surface area contributed by atoms with Crippen molar-refractivity contribution in [1.29, 1.82) is 0 Å². The van der Waals surface area contributed by atoms with Crippen LogP contribution in [-0.4, -0.2) is 31.6 Å². The van der Waals surface area contributed by atoms with Crippen molar-refractivity contribution >= 4 is 0 Å². The molecule has 1 N–H and O–H groups in total. The van der Waals surface area contributed by atoms with E-state index >= 15 is 0 Å². The van der Waals surface area contributed by atoms with E-state index in [1.165, 1.54) is 49.8 Å². The summed E-state index contributed by atoms with van der Waals surface area (Å²) in [5, 5.41) is 3.50. The molecular weight excluding hydrogens is 256 g/mol. The number of rotatable bonds is 6. The van der Waals surface area contributed by atoms with Crippen LogP contribution in [0.25, 0.3) is 0 Å². The minimum absolute atomic E-state index is 0.465. The molecule has 3 unspecified atom stereocenters. The number of aryl methyl sites for hydroxylation is 1. The van der Waals surface area contributed by atoms with Crippen LogP contribution in [0.3, 0.4) is 0 Å². The first-order valence-electron chi connectivity index (χ1n) is 8.56. The Bertz CT molecular complexity index is 429. The second kappa shape index (κ2) is 7.95. The topological polar surface area (TPSA) is 15.3 Å². The van der Waals surface area contributed by atoms with Crippen molar-refractivity contribution in [1.82, 2.24) is 10.2 Å². The Hall–Kier alpha value is -0.860. The molecule has 2 nitrogen and oxygen atoms in total. The third-order valence-corrected chi connectivity index (χ3v) is 5.32. The molecule has 3 atom stereocenters. The van der Waals surface area contributed by atoms with Gasteiger partial charge in [0.05, 0.1) is 0 Å². The summed E-state index contributed by atoms with van der Waals surface area (Å²) < 4.78 is 0. The number of benzene rings is 1. The van der Waals surface area contributed by atoms with E-state index in [2.05, 4.69) is 62.4 Å². The lowest BCUT2D eigenvalue weighted by atomic mass is 9.85. The molecule has 1 saturated carbocycles. The molecule has 0 heterocycles. The zero-order valence-electron chi connectivity index (χ0n) is 14.2. The highest BCUT2D eigenvalue weighted by Gasteiger charge is 2.25. The highest BCUT2D eigenvalue weighted by Crippen LogP contribution is 2.28. The van der Waals surface area contributed by atoms with Gasteiger partial charge in [-0.2, -0.15) is 0 Å². The first kappa shape index (κ1) is 16.5. The van der Waals surface area contributed by atoms with Crippen molar-refractivity contribution in [3.63, 3.8) is 0 Å². The van der Waals surface area contributed by atoms with Gasteiger partial charge in [0, 0.05) is 12.1 Å². The van der Waals surface area contributed by atoms with Gasteiger partial charge in [-0.05, 0) is 63.9 Å². The fraction of sp³-hybridized carbons (Fsp3) is 0.684. The molecule has 2 heteroatoms. The monoisotopic (exact) mass is 288 g/mol. The number of nitrogens with one attached hydrogen (secondary N) is 1. The van der Waals surface area contributed by atoms with Gasteiger partial charge in [-0.1, -0.05) is 44.0 Å². The summed E-state index contributed by atoms with van der Waals surface area (Å²) >= 11 is 0. The van der Waals surface area contributed by atoms with Crippen molar-refractivity contribution < 1.29 is 0 Å². The van der Waals surface area contributed by atoms with E-state index in [9.17, 15) is 0 Å². The molecule has 0 saturated heterocycles. The second-order valence-corrected chi connectivity index (χ2v) is 6.80. The van der Waals surface area contributed by atoms with Crippen LogP contribution in [0.1, 0.15) is 56.2 Å². The first-order chi connectivity index (χ1) is 10.1. The van der Waals surface area contributed by atoms with Gasteiger partial charge in [-0.25, -0.2) is 0 Å². The molecule has 1 aliphatic carbocycles. The zero-order chi connectivity index (χ0) is 15.2. The van der Waals surface area contributed by atoms with Gasteiger partial charge in [-0.3, -0.25) is 0 Å². The van der Waals surface area contributed by atoms with Gasteiger partial charge >= 0.3 is 0 Å². The lowest BCUT2D eigenvalue weighted by molar-refractivity contribution is 0.135. The van der Waals surface area contributed by atoms with Gasteiger partial charge in [0.1, 0.15) is 0 Å². The van der Waals surface area contributed by atoms with Crippen LogP contribution in [0.15, 0.2) is 24.3 Å². The van der Waals surface area contributed by atoms with Gasteiger partial charge < -0.3 is 10.2 Å². The highest BCUT2D eigenvalue weighted by atomic mass is 15.1. The summed E-state index contributed by atoms with van der Waals surface area (Å²) in [6.07, 6.45) is 6.80. The largest absolute Gasteiger partial charge is 0.313 e. The maximum absolute atomic E-state index is 3.50. The average Bonchev–Trinajstić information content (AvgIpc) is 2.49. The summed E-state index contributed by atoms with van der Waals surface area (Å²) in [7, 11) is 4.40. The van der Waals surface area contributed by atoms with E-state index in [4.69, 9.17) is 0 Å². The van der Waals surface area contributed by atoms with Crippen LogP contribution in [0.5, 0.6) is 0 Å². The SMILES string of the molecule is CNC(CCN(C)C1CCCCC1C)c1ccccc1C. The lowest BCUT2D eigenvalue weighted by Gasteiger charge is -2.37. The van der Waals surface area contributed by atoms with E-state index in [0.29, 0.717) is 6.04 Å². The molecule has 0 spiro atoms. The summed E-state index contributed by atoms with van der Waals surface area (Å²) in [6, 6.07) is 10.0. The summed E-state index contributed by atoms with van der Waals surface area (Å²) in [5.74, 6) is 0.857. The first-order valence-corrected chi connectivity index (χ1v) is 8.56. The average molecular weight is 288 g/mol. The molecular formula is C19H32N2. The predicted octanol–water partition coefficient (Wildman–Crippen LogP) is 4.16. The molecule has 1 aliphatic rings. The Morgan fingerprint density at radius 3 is 2.62 bits per heavy atom. The highest BCUT2D eigenvalue weighted by molar-refractivity contribution is 5.28. The number of hydrogen-bond donors (Lipinski definition) is 1. The Morgan fingerprint density at radius 1 is 1.24 bits per heavy atom. The van der Waals surface area contributed by atoms with Crippen LogP contribution >= 0.6 is 0 Å². The molecule has 21 heavy (non-hydrogen) atoms. The standard InChI is InChI=1S/C19H32N2/c1-15-9-5-7-11-17(15)18(20-3)13-14-21(4)19-12-8-6-10-16(19)2/h5,7,9,11,16,18-20H,6,8,10,12-14H2,1-4H3. The van der Waals surface area contributed by atoms with Crippen molar-refractivity contribution in [2.24, 2.45) is 5.92 Å². The number of nitrogens with zero attached hydrogens (tertiary/aromatic N) is 1. The molecule has 0 amide bonds. The lowest BCUT2D eigenvalue weighted by Crippen LogP contribution is -2.40. The Kier molecular flexibility index (Phi) is 6.25. The summed E-state index contributed by atoms with van der Waals surface area (Å²) in [6.45, 7) is 5.82. The molecule has 0 aromatic heterocycles. The van der Waals surface area contributed by atoms with Crippen LogP contribution in [0.4, 0.5) is 0 Å². The summed E-state index contributed by atoms with van der Waals surface area (Å²) in [4.78, 5) is 2.60. The van der Waals surface area contributed by atoms with Crippen LogP contribution in [0.2, 0.25) is 0 Å². The Labute approximate surface area is 130 Å². The normalized spacial score (nSPS) is 24.2. The van der Waals surface area contributed by atoms with E-state index in [1.807, 2.05) is 0 Å². The minimum Gasteiger partial charge on any atom is -0.313 e. The van der Waals surface area contributed by atoms with Crippen molar-refractivity contribution in [3.8, 4) is 0 Å². The minimum atomic E-state index is 0.465. The maximum Gasteiger partial charge on any atom is 0.0332 e. The summed E-state index contributed by atoms with van der Waals surface area (Å²) in [5.41, 5.74) is 2.84. The van der Waals surface area contributed by atoms with E-state index < -0.39 is 0 Å². The molecule has 0 bridgehead atoms. The fourth-order valence-corrected chi connectivity index (χ4v) is 3.88. The van der Waals surface area contributed by atoms with E-state index in [1.54, 1.807) is 0 Å². The van der Waals surface area contributed by atoms with Crippen molar-refractivity contribution in [2.45, 2.75) is 58.0 Å². The zero-order valence-corrected chi connectivity index (χ0v) is 14.2. The van der Waals surface area contributed by atoms with Crippen LogP contribution < -0.4 is 5.32 Å². The van der Waals surface area contributed by atoms with Gasteiger partial charge in [0.2, 0.25) is 0 Å². The van der Waals surface area contributed by atoms with E-state index in [0.717, 1.165) is 12.0 Å². The fourth-order valence-electron chi connectivity index (χ4n) is 3.88. The smallest absolute Gasteiger partial charge is 0.0332 e. The van der Waals surface area contributed by atoms with Crippen molar-refractivity contribution in [2.75, 3.05) is 20.6 Å². The quantitative estimate of drug-likeness (QED) is 0.845. The molecule has 1 aromatic carbocycles. The predicted molar refractivity (Wildman–Crippen MR) is 91.6 cm³/mol. The maximum atomic E-state index is 3.50. The molecule has 0 radical (unpaired) electrons. The second-order valence-electron chi connectivity index (χ2n) is 6.80. The van der Waals surface area contributed by atoms with Crippen LogP contribution in [0, 0.1) is 12.8 Å². The van der Waals surface area contributed by atoms with Gasteiger partial charge in [0.25, 0.3) is 0 Å². The Balaban J connectivity index is 1.92. The van der Waals surface area contributed by atoms with E-state index in [-0.39, 0.29) is 0 Å². The molecule has 0 aliphatic heterocycles. The van der Waals surface area contributed by atoms with Gasteiger partial charge in [0.15, 0.2) is 0 Å². The third kappa shape index (κ3) is 4.31. The molecule has 1 aromatic rings. The number of hydrogen-bond acceptors (Lipinski definition) is 2.